The second-order valence-corrected chi connectivity index (χ2v) is 1.99. The molecule has 1 N–H and O–H groups in total. The Hall–Kier alpha value is -0.600. The number of nitrogens with one attached hydrogen (secondary N) is 1. The van der Waals surface area contributed by atoms with E-state index in [0.717, 1.165) is 19.4 Å². The molecule has 1 atom stereocenters. The highest BCUT2D eigenvalue weighted by atomic mass is 15.4. The molecule has 0 spiro atoms. The molecule has 1 unspecified atom stereocenters. The van der Waals surface area contributed by atoms with Gasteiger partial charge in [0.25, 0.3) is 0 Å². The van der Waals surface area contributed by atoms with Gasteiger partial charge in [-0.2, -0.15) is 5.11 Å². The lowest BCUT2D eigenvalue weighted by Crippen LogP contribution is -2.26. The van der Waals surface area contributed by atoms with Crippen LogP contribution >= 0.6 is 0 Å². The van der Waals surface area contributed by atoms with Crippen molar-refractivity contribution in [3.05, 3.63) is 0 Å². The molecular formula is C5H11N3. The summed E-state index contributed by atoms with van der Waals surface area (Å²) in [5, 5.41) is 7.49. The molecule has 3 heteroatoms. The van der Waals surface area contributed by atoms with Crippen molar-refractivity contribution >= 4 is 0 Å². The first-order chi connectivity index (χ1) is 3.93. The third kappa shape index (κ3) is 1.18. The quantitative estimate of drug-likeness (QED) is 0.543. The first kappa shape index (κ1) is 5.54. The van der Waals surface area contributed by atoms with E-state index in [1.54, 1.807) is 0 Å². The largest absolute Gasteiger partial charge is 0.289 e. The lowest BCUT2D eigenvalue weighted by atomic mass is 10.2. The van der Waals surface area contributed by atoms with Gasteiger partial charge in [0.05, 0.1) is 6.54 Å². The maximum atomic E-state index is 3.79. The number of hydrogen-bond acceptors (Lipinski definition) is 3. The molecule has 1 rings (SSSR count). The predicted octanol–water partition coefficient (Wildman–Crippen LogP) is 1.13. The lowest BCUT2D eigenvalue weighted by molar-refractivity contribution is 0.428. The van der Waals surface area contributed by atoms with Crippen LogP contribution in [0.15, 0.2) is 10.3 Å². The van der Waals surface area contributed by atoms with Gasteiger partial charge in [0.15, 0.2) is 0 Å². The first-order valence-electron chi connectivity index (χ1n) is 3.05. The summed E-state index contributed by atoms with van der Waals surface area (Å²) in [5.41, 5.74) is 2.93. The Morgan fingerprint density at radius 2 is 2.62 bits per heavy atom. The maximum absolute atomic E-state index is 3.79. The fourth-order valence-electron chi connectivity index (χ4n) is 0.746. The number of nitrogens with zero attached hydrogens (tertiary/aromatic N) is 2. The van der Waals surface area contributed by atoms with Crippen LogP contribution in [0.5, 0.6) is 0 Å². The molecule has 0 fully saturated rings. The van der Waals surface area contributed by atoms with Crippen molar-refractivity contribution in [3.63, 3.8) is 0 Å². The molecule has 3 nitrogen and oxygen atoms in total. The van der Waals surface area contributed by atoms with Crippen molar-refractivity contribution in [2.45, 2.75) is 25.8 Å². The standard InChI is InChI=1S/C5H11N3/c1-2-5-3-4-6-8-7-5/h5H,2-4H2,1H3,(H,6,7). The van der Waals surface area contributed by atoms with Gasteiger partial charge in [-0.25, -0.2) is 0 Å². The van der Waals surface area contributed by atoms with E-state index in [4.69, 9.17) is 0 Å². The highest BCUT2D eigenvalue weighted by Gasteiger charge is 2.05. The van der Waals surface area contributed by atoms with Crippen molar-refractivity contribution in [2.75, 3.05) is 6.54 Å². The van der Waals surface area contributed by atoms with Gasteiger partial charge in [-0.15, -0.1) is 0 Å². The molecule has 0 radical (unpaired) electrons. The zero-order valence-corrected chi connectivity index (χ0v) is 5.09. The molecule has 1 heterocycles. The van der Waals surface area contributed by atoms with Gasteiger partial charge in [-0.3, -0.25) is 5.43 Å². The number of rotatable bonds is 1. The van der Waals surface area contributed by atoms with Crippen molar-refractivity contribution in [2.24, 2.45) is 10.3 Å². The Labute approximate surface area is 49.2 Å². The summed E-state index contributed by atoms with van der Waals surface area (Å²) in [6.45, 7) is 3.05. The molecule has 8 heavy (non-hydrogen) atoms. The molecule has 1 aliphatic heterocycles. The van der Waals surface area contributed by atoms with Gasteiger partial charge in [0.2, 0.25) is 0 Å². The maximum Gasteiger partial charge on any atom is 0.0640 e. The Morgan fingerprint density at radius 1 is 1.75 bits per heavy atom. The second-order valence-electron chi connectivity index (χ2n) is 1.99. The average Bonchev–Trinajstić information content (AvgIpc) is 1.90. The minimum atomic E-state index is 0.576. The van der Waals surface area contributed by atoms with Gasteiger partial charge >= 0.3 is 0 Å². The van der Waals surface area contributed by atoms with Crippen LogP contribution in [0.2, 0.25) is 0 Å². The van der Waals surface area contributed by atoms with E-state index >= 15 is 0 Å². The van der Waals surface area contributed by atoms with Crippen LogP contribution in [-0.4, -0.2) is 12.6 Å². The van der Waals surface area contributed by atoms with E-state index in [1.807, 2.05) is 0 Å². The summed E-state index contributed by atoms with van der Waals surface area (Å²) in [6.07, 6.45) is 2.29. The zero-order chi connectivity index (χ0) is 5.82. The van der Waals surface area contributed by atoms with Gasteiger partial charge < -0.3 is 0 Å². The molecule has 0 bridgehead atoms. The van der Waals surface area contributed by atoms with E-state index in [9.17, 15) is 0 Å². The highest BCUT2D eigenvalue weighted by molar-refractivity contribution is 4.64. The van der Waals surface area contributed by atoms with Gasteiger partial charge in [-0.05, 0) is 12.8 Å². The molecule has 1 aliphatic rings. The van der Waals surface area contributed by atoms with Gasteiger partial charge in [0, 0.05) is 6.04 Å². The fourth-order valence-corrected chi connectivity index (χ4v) is 0.746. The van der Waals surface area contributed by atoms with Crippen LogP contribution < -0.4 is 5.43 Å². The third-order valence-corrected chi connectivity index (χ3v) is 1.38. The first-order valence-corrected chi connectivity index (χ1v) is 3.05. The molecular weight excluding hydrogens is 102 g/mol. The Bertz CT molecular complexity index is 89.7. The van der Waals surface area contributed by atoms with Crippen LogP contribution in [0.25, 0.3) is 0 Å². The van der Waals surface area contributed by atoms with Crippen LogP contribution in [-0.2, 0) is 0 Å². The third-order valence-electron chi connectivity index (χ3n) is 1.38. The molecule has 0 amide bonds. The SMILES string of the molecule is CCC1CCN=NN1. The monoisotopic (exact) mass is 113 g/mol. The van der Waals surface area contributed by atoms with E-state index in [1.165, 1.54) is 0 Å². The van der Waals surface area contributed by atoms with E-state index in [-0.39, 0.29) is 0 Å². The van der Waals surface area contributed by atoms with Crippen LogP contribution in [0, 0.1) is 0 Å². The van der Waals surface area contributed by atoms with Gasteiger partial charge in [-0.1, -0.05) is 12.1 Å². The van der Waals surface area contributed by atoms with Crippen molar-refractivity contribution < 1.29 is 0 Å². The molecule has 0 aromatic heterocycles. The summed E-state index contributed by atoms with van der Waals surface area (Å²) in [5.74, 6) is 0. The van der Waals surface area contributed by atoms with Crippen molar-refractivity contribution in [3.8, 4) is 0 Å². The second kappa shape index (κ2) is 2.64. The van der Waals surface area contributed by atoms with Crippen LogP contribution in [0.1, 0.15) is 19.8 Å². The molecule has 0 saturated carbocycles. The summed E-state index contributed by atoms with van der Waals surface area (Å²) >= 11 is 0. The molecule has 0 saturated heterocycles. The highest BCUT2D eigenvalue weighted by Crippen LogP contribution is 2.01. The molecule has 0 aliphatic carbocycles. The molecule has 46 valence electrons. The lowest BCUT2D eigenvalue weighted by Gasteiger charge is -2.14. The topological polar surface area (TPSA) is 36.8 Å². The smallest absolute Gasteiger partial charge is 0.0640 e. The van der Waals surface area contributed by atoms with E-state index in [0.29, 0.717) is 6.04 Å². The fraction of sp³-hybridized carbons (Fsp3) is 1.00. The summed E-state index contributed by atoms with van der Waals surface area (Å²) in [4.78, 5) is 0. The van der Waals surface area contributed by atoms with Crippen LogP contribution in [0.4, 0.5) is 0 Å². The van der Waals surface area contributed by atoms with Gasteiger partial charge in [0.1, 0.15) is 0 Å². The minimum absolute atomic E-state index is 0.576. The zero-order valence-electron chi connectivity index (χ0n) is 5.09. The van der Waals surface area contributed by atoms with Crippen molar-refractivity contribution in [1.82, 2.24) is 5.43 Å². The predicted molar refractivity (Wildman–Crippen MR) is 31.6 cm³/mol. The van der Waals surface area contributed by atoms with E-state index in [2.05, 4.69) is 22.7 Å². The Balaban J connectivity index is 2.27. The van der Waals surface area contributed by atoms with E-state index < -0.39 is 0 Å². The molecule has 0 aromatic rings. The normalized spacial score (nSPS) is 27.4. The summed E-state index contributed by atoms with van der Waals surface area (Å²) in [7, 11) is 0. The average molecular weight is 113 g/mol. The van der Waals surface area contributed by atoms with Crippen LogP contribution in [0.3, 0.4) is 0 Å². The summed E-state index contributed by atoms with van der Waals surface area (Å²) in [6, 6.07) is 0.576. The number of hydrogen-bond donors (Lipinski definition) is 1. The molecule has 0 aromatic carbocycles. The summed E-state index contributed by atoms with van der Waals surface area (Å²) < 4.78 is 0. The van der Waals surface area contributed by atoms with Crippen molar-refractivity contribution in [1.29, 1.82) is 0 Å². The Morgan fingerprint density at radius 3 is 3.00 bits per heavy atom. The Kier molecular flexibility index (Phi) is 1.83. The minimum Gasteiger partial charge on any atom is -0.289 e.